The van der Waals surface area contributed by atoms with Crippen LogP contribution in [0.1, 0.15) is 103 Å². The van der Waals surface area contributed by atoms with Crippen molar-refractivity contribution in [2.45, 2.75) is 103 Å². The number of carbonyl (C=O) groups excluding carboxylic acids is 1. The first-order valence-corrected chi connectivity index (χ1v) is 10.8. The van der Waals surface area contributed by atoms with Crippen LogP contribution in [-0.4, -0.2) is 23.7 Å². The molecule has 0 saturated heterocycles. The number of carboxylic acids is 1. The molecule has 0 rings (SSSR count). The lowest BCUT2D eigenvalue weighted by Gasteiger charge is -2.05. The van der Waals surface area contributed by atoms with Gasteiger partial charge in [0.1, 0.15) is 0 Å². The first kappa shape index (κ1) is 25.4. The normalized spacial score (nSPS) is 11.0. The summed E-state index contributed by atoms with van der Waals surface area (Å²) >= 11 is 0. The van der Waals surface area contributed by atoms with Crippen LogP contribution in [0.5, 0.6) is 0 Å². The number of unbranched alkanes of at least 4 members (excludes halogenated alkanes) is 12. The third kappa shape index (κ3) is 19.0. The van der Waals surface area contributed by atoms with E-state index in [1.165, 1.54) is 70.6 Å². The van der Waals surface area contributed by atoms with Crippen LogP contribution in [-0.2, 0) is 14.3 Å². The van der Waals surface area contributed by atoms with Gasteiger partial charge in [-0.1, -0.05) is 83.4 Å². The number of hydrogen-bond acceptors (Lipinski definition) is 3. The molecule has 0 radical (unpaired) electrons. The lowest BCUT2D eigenvalue weighted by molar-refractivity contribution is -0.142. The summed E-state index contributed by atoms with van der Waals surface area (Å²) in [6.07, 6.45) is 21.6. The highest BCUT2D eigenvalue weighted by atomic mass is 16.5. The standard InChI is InChI=1S/C23H40O4/c1-3-4-5-6-7-8-9-10-11-12-13-14-15-16-17-18-19-27-23(26)21(2)20-22(24)25/h10-11H,2-9,12-20H2,1H3,(H,24,25)/b11-10-. The second-order valence-corrected chi connectivity index (χ2v) is 7.25. The molecule has 0 spiro atoms. The highest BCUT2D eigenvalue weighted by molar-refractivity contribution is 5.92. The quantitative estimate of drug-likeness (QED) is 0.119. The van der Waals surface area contributed by atoms with Crippen LogP contribution in [0, 0.1) is 0 Å². The average Bonchev–Trinajstić information content (AvgIpc) is 2.63. The molecule has 27 heavy (non-hydrogen) atoms. The number of aliphatic carboxylic acids is 1. The second-order valence-electron chi connectivity index (χ2n) is 7.25. The van der Waals surface area contributed by atoms with Crippen molar-refractivity contribution in [1.82, 2.24) is 0 Å². The number of esters is 1. The van der Waals surface area contributed by atoms with Crippen LogP contribution in [0.15, 0.2) is 24.3 Å². The summed E-state index contributed by atoms with van der Waals surface area (Å²) in [5, 5.41) is 8.58. The second kappa shape index (κ2) is 19.2. The number of carboxylic acid groups (broad SMARTS) is 1. The topological polar surface area (TPSA) is 63.6 Å². The van der Waals surface area contributed by atoms with E-state index in [2.05, 4.69) is 25.7 Å². The van der Waals surface area contributed by atoms with Gasteiger partial charge in [-0.3, -0.25) is 4.79 Å². The maximum absolute atomic E-state index is 11.4. The molecule has 0 saturated carbocycles. The Hall–Kier alpha value is -1.58. The Bertz CT molecular complexity index is 426. The van der Waals surface area contributed by atoms with E-state index < -0.39 is 11.9 Å². The SMILES string of the molecule is C=C(CC(=O)O)C(=O)OCCCCCCCC/C=C\CCCCCCCC. The molecule has 156 valence electrons. The highest BCUT2D eigenvalue weighted by Gasteiger charge is 2.11. The molecule has 1 N–H and O–H groups in total. The minimum atomic E-state index is -1.06. The maximum atomic E-state index is 11.4. The van der Waals surface area contributed by atoms with Crippen molar-refractivity contribution >= 4 is 11.9 Å². The van der Waals surface area contributed by atoms with Crippen molar-refractivity contribution in [3.63, 3.8) is 0 Å². The van der Waals surface area contributed by atoms with Crippen molar-refractivity contribution in [2.75, 3.05) is 6.61 Å². The molecule has 0 aliphatic carbocycles. The van der Waals surface area contributed by atoms with Crippen molar-refractivity contribution in [2.24, 2.45) is 0 Å². The van der Waals surface area contributed by atoms with Crippen LogP contribution in [0.3, 0.4) is 0 Å². The lowest BCUT2D eigenvalue weighted by atomic mass is 10.1. The number of hydrogen-bond donors (Lipinski definition) is 1. The van der Waals surface area contributed by atoms with Crippen LogP contribution in [0.2, 0.25) is 0 Å². The molecule has 0 heterocycles. The predicted octanol–water partition coefficient (Wildman–Crippen LogP) is 6.60. The van der Waals surface area contributed by atoms with Gasteiger partial charge in [0.25, 0.3) is 0 Å². The molecule has 0 aliphatic heterocycles. The zero-order chi connectivity index (χ0) is 20.2. The first-order valence-electron chi connectivity index (χ1n) is 10.8. The fourth-order valence-electron chi connectivity index (χ4n) is 2.87. The number of carbonyl (C=O) groups is 2. The van der Waals surface area contributed by atoms with Gasteiger partial charge in [-0.2, -0.15) is 0 Å². The van der Waals surface area contributed by atoms with Crippen LogP contribution in [0.4, 0.5) is 0 Å². The summed E-state index contributed by atoms with van der Waals surface area (Å²) in [6, 6.07) is 0. The van der Waals surface area contributed by atoms with E-state index in [0.29, 0.717) is 6.61 Å². The van der Waals surface area contributed by atoms with Gasteiger partial charge in [0.05, 0.1) is 13.0 Å². The number of allylic oxidation sites excluding steroid dienone is 2. The fraction of sp³-hybridized carbons (Fsp3) is 0.739. The van der Waals surface area contributed by atoms with E-state index in [4.69, 9.17) is 9.84 Å². The largest absolute Gasteiger partial charge is 0.481 e. The molecule has 0 atom stereocenters. The summed E-state index contributed by atoms with van der Waals surface area (Å²) in [6.45, 7) is 6.03. The van der Waals surface area contributed by atoms with E-state index in [0.717, 1.165) is 19.3 Å². The Kier molecular flexibility index (Phi) is 18.1. The summed E-state index contributed by atoms with van der Waals surface area (Å²) in [7, 11) is 0. The molecule has 0 fully saturated rings. The van der Waals surface area contributed by atoms with Gasteiger partial charge in [0, 0.05) is 5.57 Å². The Morgan fingerprint density at radius 1 is 0.815 bits per heavy atom. The van der Waals surface area contributed by atoms with Crippen molar-refractivity contribution in [1.29, 1.82) is 0 Å². The van der Waals surface area contributed by atoms with E-state index >= 15 is 0 Å². The van der Waals surface area contributed by atoms with Crippen molar-refractivity contribution < 1.29 is 19.4 Å². The van der Waals surface area contributed by atoms with Gasteiger partial charge < -0.3 is 9.84 Å². The number of rotatable bonds is 19. The van der Waals surface area contributed by atoms with Crippen LogP contribution >= 0.6 is 0 Å². The van der Waals surface area contributed by atoms with Gasteiger partial charge in [-0.05, 0) is 32.1 Å². The minimum absolute atomic E-state index is 0.00653. The zero-order valence-electron chi connectivity index (χ0n) is 17.3. The minimum Gasteiger partial charge on any atom is -0.481 e. The van der Waals surface area contributed by atoms with E-state index in [1.807, 2.05) is 0 Å². The molecule has 0 unspecified atom stereocenters. The fourth-order valence-corrected chi connectivity index (χ4v) is 2.87. The predicted molar refractivity (Wildman–Crippen MR) is 112 cm³/mol. The molecule has 0 aromatic rings. The zero-order valence-corrected chi connectivity index (χ0v) is 17.3. The number of ether oxygens (including phenoxy) is 1. The molecule has 0 aliphatic rings. The molecule has 0 bridgehead atoms. The monoisotopic (exact) mass is 380 g/mol. The van der Waals surface area contributed by atoms with E-state index in [1.54, 1.807) is 0 Å². The van der Waals surface area contributed by atoms with E-state index in [9.17, 15) is 9.59 Å². The Morgan fingerprint density at radius 2 is 1.30 bits per heavy atom. The summed E-state index contributed by atoms with van der Waals surface area (Å²) in [4.78, 5) is 21.9. The Morgan fingerprint density at radius 3 is 1.81 bits per heavy atom. The first-order chi connectivity index (χ1) is 13.1. The average molecular weight is 381 g/mol. The van der Waals surface area contributed by atoms with Gasteiger partial charge in [0.2, 0.25) is 0 Å². The molecule has 0 aromatic carbocycles. The third-order valence-electron chi connectivity index (χ3n) is 4.54. The molecule has 4 nitrogen and oxygen atoms in total. The smallest absolute Gasteiger partial charge is 0.333 e. The maximum Gasteiger partial charge on any atom is 0.333 e. The van der Waals surface area contributed by atoms with Crippen molar-refractivity contribution in [3.8, 4) is 0 Å². The molecular weight excluding hydrogens is 340 g/mol. The van der Waals surface area contributed by atoms with Gasteiger partial charge >= 0.3 is 11.9 Å². The van der Waals surface area contributed by atoms with Crippen molar-refractivity contribution in [3.05, 3.63) is 24.3 Å². The summed E-state index contributed by atoms with van der Waals surface area (Å²) in [5.74, 6) is -1.65. The molecule has 4 heteroatoms. The highest BCUT2D eigenvalue weighted by Crippen LogP contribution is 2.10. The molecule has 0 amide bonds. The Labute approximate surface area is 166 Å². The van der Waals surface area contributed by atoms with Crippen LogP contribution < -0.4 is 0 Å². The van der Waals surface area contributed by atoms with Gasteiger partial charge in [0.15, 0.2) is 0 Å². The van der Waals surface area contributed by atoms with Crippen LogP contribution in [0.25, 0.3) is 0 Å². The molecular formula is C23H40O4. The third-order valence-corrected chi connectivity index (χ3v) is 4.54. The van der Waals surface area contributed by atoms with Gasteiger partial charge in [-0.15, -0.1) is 0 Å². The molecule has 0 aromatic heterocycles. The Balaban J connectivity index is 3.29. The summed E-state index contributed by atoms with van der Waals surface area (Å²) < 4.78 is 5.01. The van der Waals surface area contributed by atoms with E-state index in [-0.39, 0.29) is 12.0 Å². The summed E-state index contributed by atoms with van der Waals surface area (Å²) in [5.41, 5.74) is 0.00653. The van der Waals surface area contributed by atoms with Gasteiger partial charge in [-0.25, -0.2) is 4.79 Å². The lowest BCUT2D eigenvalue weighted by Crippen LogP contribution is -2.11.